The minimum atomic E-state index is -0.764. The Hall–Kier alpha value is -2.17. The highest BCUT2D eigenvalue weighted by Crippen LogP contribution is 2.12. The van der Waals surface area contributed by atoms with Crippen molar-refractivity contribution in [3.63, 3.8) is 0 Å². The topological polar surface area (TPSA) is 52.6 Å². The van der Waals surface area contributed by atoms with Gasteiger partial charge in [0, 0.05) is 18.2 Å². The van der Waals surface area contributed by atoms with Crippen LogP contribution in [0.5, 0.6) is 5.75 Å². The van der Waals surface area contributed by atoms with E-state index in [0.29, 0.717) is 12.5 Å². The van der Waals surface area contributed by atoms with Crippen LogP contribution in [0.2, 0.25) is 0 Å². The van der Waals surface area contributed by atoms with Crippen molar-refractivity contribution in [1.82, 2.24) is 0 Å². The molecule has 0 heterocycles. The first-order valence-electron chi connectivity index (χ1n) is 6.79. The van der Waals surface area contributed by atoms with Crippen molar-refractivity contribution in [2.45, 2.75) is 26.7 Å². The van der Waals surface area contributed by atoms with E-state index in [-0.39, 0.29) is 5.75 Å². The van der Waals surface area contributed by atoms with Crippen LogP contribution in [0.25, 0.3) is 0 Å². The van der Waals surface area contributed by atoms with Crippen LogP contribution in [0, 0.1) is 11.7 Å². The number of esters is 2. The van der Waals surface area contributed by atoms with Gasteiger partial charge in [-0.05, 0) is 30.9 Å². The van der Waals surface area contributed by atoms with E-state index in [1.807, 2.05) is 0 Å². The van der Waals surface area contributed by atoms with Crippen molar-refractivity contribution in [1.29, 1.82) is 0 Å². The van der Waals surface area contributed by atoms with Gasteiger partial charge in [0.05, 0.1) is 6.61 Å². The van der Waals surface area contributed by atoms with Crippen LogP contribution in [0.1, 0.15) is 26.7 Å². The molecule has 0 aliphatic heterocycles. The molecule has 114 valence electrons. The summed E-state index contributed by atoms with van der Waals surface area (Å²) in [6, 6.07) is 5.18. The minimum Gasteiger partial charge on any atom is -0.463 e. The van der Waals surface area contributed by atoms with Crippen molar-refractivity contribution < 1.29 is 23.5 Å². The Morgan fingerprint density at radius 2 is 1.95 bits per heavy atom. The van der Waals surface area contributed by atoms with Crippen LogP contribution in [0.15, 0.2) is 36.4 Å². The molecule has 1 rings (SSSR count). The molecule has 0 aliphatic rings. The molecule has 0 atom stereocenters. The third kappa shape index (κ3) is 7.87. The molecule has 0 aromatic heterocycles. The maximum Gasteiger partial charge on any atom is 0.336 e. The van der Waals surface area contributed by atoms with Gasteiger partial charge in [0.15, 0.2) is 0 Å². The summed E-state index contributed by atoms with van der Waals surface area (Å²) in [5.74, 6) is -1.24. The second-order valence-electron chi connectivity index (χ2n) is 4.92. The number of halogens is 1. The zero-order valence-corrected chi connectivity index (χ0v) is 12.2. The molecular weight excluding hydrogens is 275 g/mol. The summed E-state index contributed by atoms with van der Waals surface area (Å²) in [5.41, 5.74) is 0. The van der Waals surface area contributed by atoms with Gasteiger partial charge in [-0.2, -0.15) is 0 Å². The Kier molecular flexibility index (Phi) is 7.15. The summed E-state index contributed by atoms with van der Waals surface area (Å²) >= 11 is 0. The first-order chi connectivity index (χ1) is 9.97. The second-order valence-corrected chi connectivity index (χ2v) is 4.92. The van der Waals surface area contributed by atoms with E-state index in [1.54, 1.807) is 0 Å². The van der Waals surface area contributed by atoms with Crippen LogP contribution < -0.4 is 4.74 Å². The van der Waals surface area contributed by atoms with Crippen molar-refractivity contribution in [3.8, 4) is 5.75 Å². The molecule has 0 bridgehead atoms. The van der Waals surface area contributed by atoms with Gasteiger partial charge < -0.3 is 9.47 Å². The minimum absolute atomic E-state index is 0.0787. The maximum absolute atomic E-state index is 12.9. The highest BCUT2D eigenvalue weighted by atomic mass is 19.1. The molecule has 0 aliphatic carbocycles. The van der Waals surface area contributed by atoms with E-state index in [1.165, 1.54) is 18.2 Å². The third-order valence-corrected chi connectivity index (χ3v) is 2.54. The smallest absolute Gasteiger partial charge is 0.336 e. The summed E-state index contributed by atoms with van der Waals surface area (Å²) in [4.78, 5) is 22.7. The predicted molar refractivity (Wildman–Crippen MR) is 76.2 cm³/mol. The third-order valence-electron chi connectivity index (χ3n) is 2.54. The van der Waals surface area contributed by atoms with Gasteiger partial charge in [-0.15, -0.1) is 0 Å². The summed E-state index contributed by atoms with van der Waals surface area (Å²) in [6.45, 7) is 4.49. The van der Waals surface area contributed by atoms with E-state index < -0.39 is 17.8 Å². The van der Waals surface area contributed by atoms with E-state index in [4.69, 9.17) is 9.47 Å². The summed E-state index contributed by atoms with van der Waals surface area (Å²) in [5, 5.41) is 0. The van der Waals surface area contributed by atoms with Crippen LogP contribution in [0.3, 0.4) is 0 Å². The van der Waals surface area contributed by atoms with Crippen LogP contribution in [-0.2, 0) is 14.3 Å². The molecule has 0 fully saturated rings. The first-order valence-corrected chi connectivity index (χ1v) is 6.79. The van der Waals surface area contributed by atoms with Crippen molar-refractivity contribution in [2.75, 3.05) is 6.61 Å². The summed E-state index contributed by atoms with van der Waals surface area (Å²) in [6.07, 6.45) is 3.70. The zero-order valence-electron chi connectivity index (χ0n) is 12.2. The number of carbonyl (C=O) groups excluding carboxylic acids is 2. The zero-order chi connectivity index (χ0) is 15.7. The Morgan fingerprint density at radius 1 is 1.24 bits per heavy atom. The van der Waals surface area contributed by atoms with Gasteiger partial charge in [0.2, 0.25) is 0 Å². The molecule has 21 heavy (non-hydrogen) atoms. The lowest BCUT2D eigenvalue weighted by Crippen LogP contribution is -2.07. The number of ether oxygens (including phenoxy) is 2. The quantitative estimate of drug-likeness (QED) is 0.335. The lowest BCUT2D eigenvalue weighted by Gasteiger charge is -2.04. The number of benzene rings is 1. The van der Waals surface area contributed by atoms with Gasteiger partial charge in [-0.25, -0.2) is 14.0 Å². The fourth-order valence-corrected chi connectivity index (χ4v) is 1.53. The molecule has 0 amide bonds. The highest BCUT2D eigenvalue weighted by molar-refractivity contribution is 5.92. The van der Waals surface area contributed by atoms with Gasteiger partial charge in [0.25, 0.3) is 0 Å². The molecule has 4 nitrogen and oxygen atoms in total. The van der Waals surface area contributed by atoms with Crippen LogP contribution in [-0.4, -0.2) is 18.5 Å². The highest BCUT2D eigenvalue weighted by Gasteiger charge is 2.04. The largest absolute Gasteiger partial charge is 0.463 e. The second kappa shape index (κ2) is 8.89. The molecule has 1 aromatic rings. The van der Waals surface area contributed by atoms with Gasteiger partial charge >= 0.3 is 11.9 Å². The normalized spacial score (nSPS) is 10.9. The lowest BCUT2D eigenvalue weighted by atomic mass is 10.1. The monoisotopic (exact) mass is 294 g/mol. The van der Waals surface area contributed by atoms with Gasteiger partial charge in [-0.3, -0.25) is 0 Å². The molecule has 0 saturated heterocycles. The van der Waals surface area contributed by atoms with Gasteiger partial charge in [0.1, 0.15) is 11.6 Å². The Balaban J connectivity index is 2.31. The Morgan fingerprint density at radius 3 is 2.62 bits per heavy atom. The number of carbonyl (C=O) groups is 2. The molecular formula is C16H19FO4. The number of hydrogen-bond donors (Lipinski definition) is 0. The van der Waals surface area contributed by atoms with E-state index >= 15 is 0 Å². The molecule has 1 aromatic carbocycles. The predicted octanol–water partition coefficient (Wildman–Crippen LogP) is 3.27. The first kappa shape index (κ1) is 16.9. The SMILES string of the molecule is CC(C)CCCOC(=O)/C=C/C(=O)Oc1cccc(F)c1. The molecule has 0 radical (unpaired) electrons. The standard InChI is InChI=1S/C16H19FO4/c1-12(2)5-4-10-20-15(18)8-9-16(19)21-14-7-3-6-13(17)11-14/h3,6-9,11-12H,4-5,10H2,1-2H3/b9-8+. The van der Waals surface area contributed by atoms with Crippen LogP contribution in [0.4, 0.5) is 4.39 Å². The van der Waals surface area contributed by atoms with E-state index in [2.05, 4.69) is 13.8 Å². The maximum atomic E-state index is 12.9. The Bertz CT molecular complexity index is 509. The fourth-order valence-electron chi connectivity index (χ4n) is 1.53. The molecule has 0 saturated carbocycles. The van der Waals surface area contributed by atoms with E-state index in [9.17, 15) is 14.0 Å². The lowest BCUT2D eigenvalue weighted by molar-refractivity contribution is -0.138. The average Bonchev–Trinajstić information content (AvgIpc) is 2.41. The van der Waals surface area contributed by atoms with Crippen molar-refractivity contribution in [2.24, 2.45) is 5.92 Å². The summed E-state index contributed by atoms with van der Waals surface area (Å²) < 4.78 is 22.6. The molecule has 0 spiro atoms. The molecule has 0 unspecified atom stereocenters. The fraction of sp³-hybridized carbons (Fsp3) is 0.375. The molecule has 5 heteroatoms. The number of rotatable bonds is 7. The Labute approximate surface area is 123 Å². The number of hydrogen-bond acceptors (Lipinski definition) is 4. The van der Waals surface area contributed by atoms with Gasteiger partial charge in [-0.1, -0.05) is 19.9 Å². The van der Waals surface area contributed by atoms with Crippen LogP contribution >= 0.6 is 0 Å². The average molecular weight is 294 g/mol. The van der Waals surface area contributed by atoms with Crippen molar-refractivity contribution >= 4 is 11.9 Å². The van der Waals surface area contributed by atoms with Crippen molar-refractivity contribution in [3.05, 3.63) is 42.2 Å². The summed E-state index contributed by atoms with van der Waals surface area (Å²) in [7, 11) is 0. The van der Waals surface area contributed by atoms with E-state index in [0.717, 1.165) is 31.1 Å². The molecule has 0 N–H and O–H groups in total.